The number of nitriles is 1. The summed E-state index contributed by atoms with van der Waals surface area (Å²) < 4.78 is 0. The lowest BCUT2D eigenvalue weighted by Gasteiger charge is -2.07. The Morgan fingerprint density at radius 3 is 2.72 bits per heavy atom. The lowest BCUT2D eigenvalue weighted by Crippen LogP contribution is -2.12. The SMILES string of the molecule is CCSc1ccccc1C(=O)Nc1nc(-c2ccc(C#N)cc2)cs1. The average molecular weight is 365 g/mol. The van der Waals surface area contributed by atoms with Crippen molar-refractivity contribution < 1.29 is 4.79 Å². The largest absolute Gasteiger partial charge is 0.298 e. The van der Waals surface area contributed by atoms with Crippen molar-refractivity contribution in [2.45, 2.75) is 11.8 Å². The van der Waals surface area contributed by atoms with E-state index in [1.165, 1.54) is 11.3 Å². The van der Waals surface area contributed by atoms with Gasteiger partial charge in [-0.25, -0.2) is 4.98 Å². The zero-order chi connectivity index (χ0) is 17.6. The fraction of sp³-hybridized carbons (Fsp3) is 0.105. The number of nitrogens with one attached hydrogen (secondary N) is 1. The predicted octanol–water partition coefficient (Wildman–Crippen LogP) is 5.05. The zero-order valence-electron chi connectivity index (χ0n) is 13.5. The van der Waals surface area contributed by atoms with Crippen molar-refractivity contribution in [3.05, 3.63) is 65.0 Å². The molecule has 6 heteroatoms. The van der Waals surface area contributed by atoms with Gasteiger partial charge in [0.25, 0.3) is 5.91 Å². The molecule has 0 bridgehead atoms. The van der Waals surface area contributed by atoms with Crippen LogP contribution in [0, 0.1) is 11.3 Å². The van der Waals surface area contributed by atoms with Crippen LogP contribution in [-0.2, 0) is 0 Å². The number of thioether (sulfide) groups is 1. The van der Waals surface area contributed by atoms with Crippen LogP contribution < -0.4 is 5.32 Å². The second-order valence-corrected chi connectivity index (χ2v) is 7.27. The lowest BCUT2D eigenvalue weighted by molar-refractivity contribution is 0.102. The zero-order valence-corrected chi connectivity index (χ0v) is 15.2. The first-order valence-electron chi connectivity index (χ1n) is 7.70. The molecule has 3 rings (SSSR count). The monoisotopic (exact) mass is 365 g/mol. The number of carbonyl (C=O) groups is 1. The molecule has 25 heavy (non-hydrogen) atoms. The van der Waals surface area contributed by atoms with Gasteiger partial charge in [-0.1, -0.05) is 31.2 Å². The van der Waals surface area contributed by atoms with Crippen molar-refractivity contribution in [1.29, 1.82) is 5.26 Å². The van der Waals surface area contributed by atoms with Gasteiger partial charge >= 0.3 is 0 Å². The lowest BCUT2D eigenvalue weighted by atomic mass is 10.1. The minimum atomic E-state index is -0.155. The Kier molecular flexibility index (Phi) is 5.49. The minimum absolute atomic E-state index is 0.155. The summed E-state index contributed by atoms with van der Waals surface area (Å²) in [6.45, 7) is 2.06. The Labute approximate surface area is 154 Å². The van der Waals surface area contributed by atoms with Crippen LogP contribution in [0.5, 0.6) is 0 Å². The van der Waals surface area contributed by atoms with Crippen LogP contribution in [0.25, 0.3) is 11.3 Å². The summed E-state index contributed by atoms with van der Waals surface area (Å²) in [4.78, 5) is 18.0. The molecule has 4 nitrogen and oxygen atoms in total. The van der Waals surface area contributed by atoms with Crippen LogP contribution in [-0.4, -0.2) is 16.6 Å². The molecule has 2 aromatic carbocycles. The van der Waals surface area contributed by atoms with Crippen LogP contribution in [0.1, 0.15) is 22.8 Å². The van der Waals surface area contributed by atoms with E-state index in [4.69, 9.17) is 5.26 Å². The molecule has 1 N–H and O–H groups in total. The summed E-state index contributed by atoms with van der Waals surface area (Å²) in [5.74, 6) is 0.752. The van der Waals surface area contributed by atoms with Crippen LogP contribution in [0.15, 0.2) is 58.8 Å². The molecule has 0 aliphatic rings. The summed E-state index contributed by atoms with van der Waals surface area (Å²) >= 11 is 3.02. The molecule has 3 aromatic rings. The molecule has 0 unspecified atom stereocenters. The number of nitrogens with zero attached hydrogens (tertiary/aromatic N) is 2. The summed E-state index contributed by atoms with van der Waals surface area (Å²) in [6, 6.07) is 16.9. The number of hydrogen-bond acceptors (Lipinski definition) is 5. The molecule has 1 amide bonds. The molecule has 0 saturated carbocycles. The average Bonchev–Trinajstić information content (AvgIpc) is 3.11. The van der Waals surface area contributed by atoms with Gasteiger partial charge in [-0.05, 0) is 30.0 Å². The van der Waals surface area contributed by atoms with E-state index in [1.807, 2.05) is 41.8 Å². The Hall–Kier alpha value is -2.62. The number of rotatable bonds is 5. The highest BCUT2D eigenvalue weighted by Crippen LogP contribution is 2.27. The van der Waals surface area contributed by atoms with Gasteiger partial charge in [0.05, 0.1) is 22.9 Å². The van der Waals surface area contributed by atoms with Gasteiger partial charge in [0.15, 0.2) is 5.13 Å². The topological polar surface area (TPSA) is 65.8 Å². The summed E-state index contributed by atoms with van der Waals surface area (Å²) in [5.41, 5.74) is 2.96. The number of thiazole rings is 1. The number of aromatic nitrogens is 1. The maximum atomic E-state index is 12.5. The van der Waals surface area contributed by atoms with Gasteiger partial charge in [0.1, 0.15) is 0 Å². The molecule has 0 aliphatic heterocycles. The molecular formula is C19H15N3OS2. The van der Waals surface area contributed by atoms with E-state index < -0.39 is 0 Å². The highest BCUT2D eigenvalue weighted by molar-refractivity contribution is 7.99. The second-order valence-electron chi connectivity index (χ2n) is 5.11. The fourth-order valence-corrected chi connectivity index (χ4v) is 3.80. The number of hydrogen-bond donors (Lipinski definition) is 1. The number of carbonyl (C=O) groups excluding carboxylic acids is 1. The van der Waals surface area contributed by atoms with Crippen molar-refractivity contribution >= 4 is 34.1 Å². The molecule has 0 aliphatic carbocycles. The van der Waals surface area contributed by atoms with Gasteiger partial charge in [-0.2, -0.15) is 5.26 Å². The fourth-order valence-electron chi connectivity index (χ4n) is 2.28. The van der Waals surface area contributed by atoms with E-state index in [1.54, 1.807) is 23.9 Å². The summed E-state index contributed by atoms with van der Waals surface area (Å²) in [7, 11) is 0. The van der Waals surface area contributed by atoms with E-state index in [-0.39, 0.29) is 5.91 Å². The summed E-state index contributed by atoms with van der Waals surface area (Å²) in [5, 5.41) is 14.2. The maximum Gasteiger partial charge on any atom is 0.258 e. The highest BCUT2D eigenvalue weighted by atomic mass is 32.2. The number of anilines is 1. The highest BCUT2D eigenvalue weighted by Gasteiger charge is 2.13. The Morgan fingerprint density at radius 1 is 1.24 bits per heavy atom. The molecule has 1 aromatic heterocycles. The van der Waals surface area contributed by atoms with Crippen LogP contribution in [0.4, 0.5) is 5.13 Å². The van der Waals surface area contributed by atoms with Crippen molar-refractivity contribution in [2.75, 3.05) is 11.1 Å². The van der Waals surface area contributed by atoms with Crippen LogP contribution in [0.3, 0.4) is 0 Å². The standard InChI is InChI=1S/C19H15N3OS2/c1-2-24-17-6-4-3-5-15(17)18(23)22-19-21-16(12-25-19)14-9-7-13(11-20)8-10-14/h3-10,12H,2H2,1H3,(H,21,22,23). The minimum Gasteiger partial charge on any atom is -0.298 e. The maximum absolute atomic E-state index is 12.5. The molecular weight excluding hydrogens is 350 g/mol. The van der Waals surface area contributed by atoms with Crippen molar-refractivity contribution in [1.82, 2.24) is 4.98 Å². The third kappa shape index (κ3) is 4.08. The Balaban J connectivity index is 1.77. The molecule has 124 valence electrons. The molecule has 0 saturated heterocycles. The second kappa shape index (κ2) is 7.97. The molecule has 0 radical (unpaired) electrons. The van der Waals surface area contributed by atoms with Gasteiger partial charge < -0.3 is 0 Å². The molecule has 0 atom stereocenters. The third-order valence-corrected chi connectivity index (χ3v) is 5.18. The molecule has 1 heterocycles. The predicted molar refractivity (Wildman–Crippen MR) is 103 cm³/mol. The summed E-state index contributed by atoms with van der Waals surface area (Å²) in [6.07, 6.45) is 0. The quantitative estimate of drug-likeness (QED) is 0.643. The van der Waals surface area contributed by atoms with Crippen LogP contribution in [0.2, 0.25) is 0 Å². The molecule has 0 spiro atoms. The van der Waals surface area contributed by atoms with Crippen molar-refractivity contribution in [3.8, 4) is 17.3 Å². The Bertz CT molecular complexity index is 926. The van der Waals surface area contributed by atoms with Crippen molar-refractivity contribution in [3.63, 3.8) is 0 Å². The number of amides is 1. The van der Waals surface area contributed by atoms with E-state index in [0.717, 1.165) is 21.9 Å². The van der Waals surface area contributed by atoms with Gasteiger partial charge in [0.2, 0.25) is 0 Å². The first-order chi connectivity index (χ1) is 12.2. The normalized spacial score (nSPS) is 10.2. The first kappa shape index (κ1) is 17.2. The van der Waals surface area contributed by atoms with Gasteiger partial charge in [-0.15, -0.1) is 23.1 Å². The number of benzene rings is 2. The van der Waals surface area contributed by atoms with E-state index in [2.05, 4.69) is 23.3 Å². The van der Waals surface area contributed by atoms with E-state index >= 15 is 0 Å². The third-order valence-electron chi connectivity index (χ3n) is 3.47. The van der Waals surface area contributed by atoms with E-state index in [0.29, 0.717) is 16.3 Å². The van der Waals surface area contributed by atoms with Gasteiger partial charge in [0, 0.05) is 15.8 Å². The van der Waals surface area contributed by atoms with Gasteiger partial charge in [-0.3, -0.25) is 10.1 Å². The van der Waals surface area contributed by atoms with Crippen molar-refractivity contribution in [2.24, 2.45) is 0 Å². The molecule has 0 fully saturated rings. The Morgan fingerprint density at radius 2 is 2.00 bits per heavy atom. The van der Waals surface area contributed by atoms with E-state index in [9.17, 15) is 4.79 Å². The first-order valence-corrected chi connectivity index (χ1v) is 9.57. The van der Waals surface area contributed by atoms with Crippen LogP contribution >= 0.6 is 23.1 Å². The smallest absolute Gasteiger partial charge is 0.258 e.